The van der Waals surface area contributed by atoms with Gasteiger partial charge >= 0.3 is 0 Å². The largest absolute Gasteiger partial charge is 0.392 e. The number of hydrogen-bond donors (Lipinski definition) is 1. The van der Waals surface area contributed by atoms with Gasteiger partial charge in [-0.05, 0) is 66.2 Å². The number of benzene rings is 2. The minimum atomic E-state index is -0.0398. The first-order valence-corrected chi connectivity index (χ1v) is 14.8. The highest BCUT2D eigenvalue weighted by Gasteiger charge is 2.13. The Labute approximate surface area is 251 Å². The molecule has 3 atom stereocenters. The van der Waals surface area contributed by atoms with Crippen molar-refractivity contribution < 1.29 is 28.8 Å². The first kappa shape index (κ1) is 39.2. The first-order valence-electron chi connectivity index (χ1n) is 14.8. The molecule has 3 unspecified atom stereocenters. The van der Waals surface area contributed by atoms with E-state index in [2.05, 4.69) is 64.1 Å². The van der Waals surface area contributed by atoms with Crippen molar-refractivity contribution in [3.05, 3.63) is 70.8 Å². The van der Waals surface area contributed by atoms with Crippen LogP contribution in [0.2, 0.25) is 0 Å². The Morgan fingerprint density at radius 1 is 0.707 bits per heavy atom. The van der Waals surface area contributed by atoms with Crippen LogP contribution < -0.4 is 0 Å². The lowest BCUT2D eigenvalue weighted by molar-refractivity contribution is -0.169. The van der Waals surface area contributed by atoms with Crippen LogP contribution in [0.1, 0.15) is 109 Å². The molecule has 6 heteroatoms. The van der Waals surface area contributed by atoms with Gasteiger partial charge < -0.3 is 28.8 Å². The summed E-state index contributed by atoms with van der Waals surface area (Å²) in [6.07, 6.45) is 5.61. The maximum absolute atomic E-state index is 8.82. The molecule has 6 nitrogen and oxygen atoms in total. The van der Waals surface area contributed by atoms with Gasteiger partial charge in [-0.25, -0.2) is 0 Å². The standard InChI is InChI=1S/C22H36O5.C11H16O.2CH4/c1-3-19(2)21-9-7-20(8-10-21)18-25-15-14-23-12-13-24-16-17-27-22-6-4-5-11-26-22;1-3-9(2)11-6-4-10(8-12)5-7-11;;/h7-10,19,22H,3-6,11-18H2,1-2H3;4-7,9,12H,3,8H2,1-2H3;2*1H4. The van der Waals surface area contributed by atoms with Gasteiger partial charge in [0.25, 0.3) is 0 Å². The van der Waals surface area contributed by atoms with Crippen LogP contribution in [-0.4, -0.2) is 57.6 Å². The fourth-order valence-electron chi connectivity index (χ4n) is 4.08. The average Bonchev–Trinajstić information content (AvgIpc) is 3.00. The molecule has 1 saturated heterocycles. The molecule has 1 fully saturated rings. The Morgan fingerprint density at radius 3 is 1.66 bits per heavy atom. The predicted molar refractivity (Wildman–Crippen MR) is 171 cm³/mol. The summed E-state index contributed by atoms with van der Waals surface area (Å²) >= 11 is 0. The van der Waals surface area contributed by atoms with Gasteiger partial charge in [-0.1, -0.05) is 91.1 Å². The molecule has 0 amide bonds. The number of ether oxygens (including phenoxy) is 5. The van der Waals surface area contributed by atoms with E-state index in [4.69, 9.17) is 28.8 Å². The maximum Gasteiger partial charge on any atom is 0.157 e. The van der Waals surface area contributed by atoms with Crippen LogP contribution in [0.3, 0.4) is 0 Å². The third-order valence-corrected chi connectivity index (χ3v) is 7.19. The van der Waals surface area contributed by atoms with Crippen LogP contribution in [0.25, 0.3) is 0 Å². The third-order valence-electron chi connectivity index (χ3n) is 7.19. The second-order valence-corrected chi connectivity index (χ2v) is 10.2. The molecule has 0 saturated carbocycles. The molecular weight excluding hydrogens is 516 g/mol. The molecule has 1 aliphatic rings. The fourth-order valence-corrected chi connectivity index (χ4v) is 4.08. The van der Waals surface area contributed by atoms with Crippen LogP contribution in [0, 0.1) is 0 Å². The van der Waals surface area contributed by atoms with E-state index in [1.54, 1.807) is 0 Å². The first-order chi connectivity index (χ1) is 19.1. The van der Waals surface area contributed by atoms with E-state index in [0.29, 0.717) is 58.1 Å². The summed E-state index contributed by atoms with van der Waals surface area (Å²) < 4.78 is 27.8. The normalized spacial score (nSPS) is 16.0. The smallest absolute Gasteiger partial charge is 0.157 e. The van der Waals surface area contributed by atoms with Crippen LogP contribution in [0.4, 0.5) is 0 Å². The van der Waals surface area contributed by atoms with E-state index in [1.165, 1.54) is 36.0 Å². The molecule has 0 radical (unpaired) electrons. The minimum Gasteiger partial charge on any atom is -0.392 e. The van der Waals surface area contributed by atoms with E-state index in [0.717, 1.165) is 25.0 Å². The van der Waals surface area contributed by atoms with Gasteiger partial charge in [0.05, 0.1) is 52.9 Å². The lowest BCUT2D eigenvalue weighted by atomic mass is 9.98. The molecule has 2 aromatic carbocycles. The average molecular weight is 577 g/mol. The second kappa shape index (κ2) is 24.8. The third kappa shape index (κ3) is 17.0. The zero-order valence-corrected chi connectivity index (χ0v) is 24.7. The van der Waals surface area contributed by atoms with Crippen molar-refractivity contribution in [2.45, 2.75) is 106 Å². The Hall–Kier alpha value is -1.80. The zero-order valence-electron chi connectivity index (χ0n) is 24.7. The van der Waals surface area contributed by atoms with Gasteiger partial charge in [-0.15, -0.1) is 0 Å². The summed E-state index contributed by atoms with van der Waals surface area (Å²) in [5.74, 6) is 1.24. The number of aliphatic hydroxyl groups excluding tert-OH is 1. The summed E-state index contributed by atoms with van der Waals surface area (Å²) in [6.45, 7) is 13.9. The van der Waals surface area contributed by atoms with E-state index in [-0.39, 0.29) is 27.8 Å². The SMILES string of the molecule is C.C.CCC(C)c1ccc(CO)cc1.CCC(C)c1ccc(COCCOCCOCCOC2CCCCO2)cc1. The Kier molecular flexibility index (Phi) is 23.7. The van der Waals surface area contributed by atoms with Crippen LogP contribution in [0.5, 0.6) is 0 Å². The maximum atomic E-state index is 8.82. The molecule has 1 N–H and O–H groups in total. The van der Waals surface area contributed by atoms with Crippen molar-refractivity contribution in [1.29, 1.82) is 0 Å². The van der Waals surface area contributed by atoms with Gasteiger partial charge in [-0.3, -0.25) is 0 Å². The van der Waals surface area contributed by atoms with Gasteiger partial charge in [0.15, 0.2) is 6.29 Å². The quantitative estimate of drug-likeness (QED) is 0.191. The Morgan fingerprint density at radius 2 is 1.20 bits per heavy atom. The van der Waals surface area contributed by atoms with Gasteiger partial charge in [0.2, 0.25) is 0 Å². The monoisotopic (exact) mass is 576 g/mol. The number of hydrogen-bond acceptors (Lipinski definition) is 6. The van der Waals surface area contributed by atoms with Crippen molar-refractivity contribution in [3.63, 3.8) is 0 Å². The summed E-state index contributed by atoms with van der Waals surface area (Å²) in [4.78, 5) is 0. The highest BCUT2D eigenvalue weighted by atomic mass is 16.7. The molecule has 0 spiro atoms. The van der Waals surface area contributed by atoms with Crippen molar-refractivity contribution in [2.75, 3.05) is 46.2 Å². The molecule has 1 heterocycles. The Balaban J connectivity index is 0.000000966. The van der Waals surface area contributed by atoms with Gasteiger partial charge in [-0.2, -0.15) is 0 Å². The molecule has 236 valence electrons. The second-order valence-electron chi connectivity index (χ2n) is 10.2. The summed E-state index contributed by atoms with van der Waals surface area (Å²) in [6, 6.07) is 16.9. The number of aliphatic hydroxyl groups is 1. The van der Waals surface area contributed by atoms with Crippen molar-refractivity contribution in [3.8, 4) is 0 Å². The zero-order chi connectivity index (χ0) is 28.1. The summed E-state index contributed by atoms with van der Waals surface area (Å²) in [5, 5.41) is 8.82. The van der Waals surface area contributed by atoms with Crippen LogP contribution in [0.15, 0.2) is 48.5 Å². The molecular formula is C35H60O6. The van der Waals surface area contributed by atoms with E-state index < -0.39 is 0 Å². The molecule has 2 aromatic rings. The van der Waals surface area contributed by atoms with Crippen molar-refractivity contribution >= 4 is 0 Å². The lowest BCUT2D eigenvalue weighted by Gasteiger charge is -2.22. The van der Waals surface area contributed by atoms with Crippen LogP contribution >= 0.6 is 0 Å². The lowest BCUT2D eigenvalue weighted by Crippen LogP contribution is -2.24. The molecule has 0 bridgehead atoms. The van der Waals surface area contributed by atoms with E-state index >= 15 is 0 Å². The molecule has 0 aromatic heterocycles. The van der Waals surface area contributed by atoms with E-state index in [9.17, 15) is 0 Å². The predicted octanol–water partition coefficient (Wildman–Crippen LogP) is 8.26. The number of rotatable bonds is 17. The molecule has 3 rings (SSSR count). The minimum absolute atomic E-state index is 0. The van der Waals surface area contributed by atoms with E-state index in [1.807, 2.05) is 12.1 Å². The fraction of sp³-hybridized carbons (Fsp3) is 0.657. The van der Waals surface area contributed by atoms with Gasteiger partial charge in [0, 0.05) is 6.61 Å². The molecule has 0 aliphatic carbocycles. The topological polar surface area (TPSA) is 66.4 Å². The highest BCUT2D eigenvalue weighted by Crippen LogP contribution is 2.20. The highest BCUT2D eigenvalue weighted by molar-refractivity contribution is 5.25. The summed E-state index contributed by atoms with van der Waals surface area (Å²) in [7, 11) is 0. The Bertz CT molecular complexity index is 833. The molecule has 41 heavy (non-hydrogen) atoms. The van der Waals surface area contributed by atoms with Gasteiger partial charge in [0.1, 0.15) is 0 Å². The van der Waals surface area contributed by atoms with Crippen LogP contribution in [-0.2, 0) is 36.9 Å². The summed E-state index contributed by atoms with van der Waals surface area (Å²) in [5.41, 5.74) is 4.94. The van der Waals surface area contributed by atoms with Crippen molar-refractivity contribution in [2.24, 2.45) is 0 Å². The molecule has 1 aliphatic heterocycles. The van der Waals surface area contributed by atoms with Crippen molar-refractivity contribution in [1.82, 2.24) is 0 Å².